The maximum atomic E-state index is 12.8. The first kappa shape index (κ1) is 14.0. The SMILES string of the molecule is CCCC(N)c1nc(CSc2ccc(F)cc2)no1. The van der Waals surface area contributed by atoms with Gasteiger partial charge in [0.15, 0.2) is 5.82 Å². The lowest BCUT2D eigenvalue weighted by Crippen LogP contribution is -2.10. The fourth-order valence-corrected chi connectivity index (χ4v) is 2.33. The van der Waals surface area contributed by atoms with Crippen molar-refractivity contribution in [2.75, 3.05) is 0 Å². The highest BCUT2D eigenvalue weighted by Gasteiger charge is 2.13. The van der Waals surface area contributed by atoms with Gasteiger partial charge < -0.3 is 10.3 Å². The van der Waals surface area contributed by atoms with Gasteiger partial charge in [0.2, 0.25) is 5.89 Å². The molecule has 1 aromatic carbocycles. The van der Waals surface area contributed by atoms with Crippen molar-refractivity contribution in [2.24, 2.45) is 5.73 Å². The summed E-state index contributed by atoms with van der Waals surface area (Å²) in [6, 6.07) is 6.12. The maximum Gasteiger partial charge on any atom is 0.243 e. The third-order valence-electron chi connectivity index (χ3n) is 2.58. The zero-order chi connectivity index (χ0) is 13.7. The van der Waals surface area contributed by atoms with Gasteiger partial charge in [-0.2, -0.15) is 4.98 Å². The molecule has 6 heteroatoms. The molecule has 0 fully saturated rings. The van der Waals surface area contributed by atoms with E-state index in [1.165, 1.54) is 23.9 Å². The zero-order valence-electron chi connectivity index (χ0n) is 10.7. The number of rotatable bonds is 6. The van der Waals surface area contributed by atoms with Crippen molar-refractivity contribution in [3.05, 3.63) is 41.8 Å². The lowest BCUT2D eigenvalue weighted by atomic mass is 10.2. The number of hydrogen-bond donors (Lipinski definition) is 1. The molecule has 2 rings (SSSR count). The number of nitrogens with two attached hydrogens (primary N) is 1. The Labute approximate surface area is 115 Å². The first-order valence-corrected chi connectivity index (χ1v) is 7.14. The number of nitrogens with zero attached hydrogens (tertiary/aromatic N) is 2. The van der Waals surface area contributed by atoms with Crippen LogP contribution in [0.15, 0.2) is 33.7 Å². The van der Waals surface area contributed by atoms with Crippen LogP contribution < -0.4 is 5.73 Å². The molecule has 0 radical (unpaired) electrons. The molecule has 2 N–H and O–H groups in total. The monoisotopic (exact) mass is 281 g/mol. The Kier molecular flexibility index (Phi) is 4.93. The average Bonchev–Trinajstić information content (AvgIpc) is 2.87. The maximum absolute atomic E-state index is 12.8. The smallest absolute Gasteiger partial charge is 0.243 e. The predicted molar refractivity (Wildman–Crippen MR) is 72.1 cm³/mol. The summed E-state index contributed by atoms with van der Waals surface area (Å²) in [6.45, 7) is 2.06. The van der Waals surface area contributed by atoms with E-state index in [9.17, 15) is 4.39 Å². The molecule has 19 heavy (non-hydrogen) atoms. The summed E-state index contributed by atoms with van der Waals surface area (Å²) in [5, 5.41) is 3.89. The van der Waals surface area contributed by atoms with Gasteiger partial charge in [0.05, 0.1) is 11.8 Å². The number of benzene rings is 1. The molecular weight excluding hydrogens is 265 g/mol. The second-order valence-electron chi connectivity index (χ2n) is 4.19. The van der Waals surface area contributed by atoms with Crippen molar-refractivity contribution in [1.82, 2.24) is 10.1 Å². The van der Waals surface area contributed by atoms with E-state index in [0.717, 1.165) is 17.7 Å². The molecule has 1 aromatic heterocycles. The molecule has 1 heterocycles. The Bertz CT molecular complexity index is 515. The van der Waals surface area contributed by atoms with E-state index in [4.69, 9.17) is 10.3 Å². The summed E-state index contributed by atoms with van der Waals surface area (Å²) < 4.78 is 17.9. The number of halogens is 1. The highest BCUT2D eigenvalue weighted by Crippen LogP contribution is 2.22. The molecule has 0 amide bonds. The molecule has 1 atom stereocenters. The summed E-state index contributed by atoms with van der Waals surface area (Å²) in [7, 11) is 0. The van der Waals surface area contributed by atoms with Crippen LogP contribution in [0.5, 0.6) is 0 Å². The Morgan fingerprint density at radius 3 is 2.79 bits per heavy atom. The lowest BCUT2D eigenvalue weighted by Gasteiger charge is -2.02. The minimum Gasteiger partial charge on any atom is -0.338 e. The minimum atomic E-state index is -0.239. The molecule has 0 saturated heterocycles. The van der Waals surface area contributed by atoms with Crippen molar-refractivity contribution >= 4 is 11.8 Å². The second kappa shape index (κ2) is 6.68. The van der Waals surface area contributed by atoms with Gasteiger partial charge in [-0.3, -0.25) is 0 Å². The van der Waals surface area contributed by atoms with Gasteiger partial charge in [-0.15, -0.1) is 11.8 Å². The molecule has 0 aliphatic carbocycles. The van der Waals surface area contributed by atoms with E-state index >= 15 is 0 Å². The molecule has 0 spiro atoms. The summed E-state index contributed by atoms with van der Waals surface area (Å²) in [5.74, 6) is 1.43. The van der Waals surface area contributed by atoms with Crippen molar-refractivity contribution in [3.8, 4) is 0 Å². The van der Waals surface area contributed by atoms with Crippen LogP contribution in [0.25, 0.3) is 0 Å². The van der Waals surface area contributed by atoms with Crippen molar-refractivity contribution in [3.63, 3.8) is 0 Å². The van der Waals surface area contributed by atoms with Gasteiger partial charge in [0, 0.05) is 4.90 Å². The number of thioether (sulfide) groups is 1. The summed E-state index contributed by atoms with van der Waals surface area (Å²) >= 11 is 1.53. The van der Waals surface area contributed by atoms with E-state index in [2.05, 4.69) is 17.1 Å². The Balaban J connectivity index is 1.91. The van der Waals surface area contributed by atoms with Crippen LogP contribution in [0.1, 0.15) is 37.5 Å². The fourth-order valence-electron chi connectivity index (χ4n) is 1.59. The quantitative estimate of drug-likeness (QED) is 0.823. The van der Waals surface area contributed by atoms with Gasteiger partial charge in [-0.25, -0.2) is 4.39 Å². The molecule has 0 aliphatic rings. The molecule has 4 nitrogen and oxygen atoms in total. The van der Waals surface area contributed by atoms with Crippen molar-refractivity contribution in [1.29, 1.82) is 0 Å². The van der Waals surface area contributed by atoms with Crippen LogP contribution in [0.3, 0.4) is 0 Å². The van der Waals surface area contributed by atoms with Crippen molar-refractivity contribution < 1.29 is 8.91 Å². The average molecular weight is 281 g/mol. The zero-order valence-corrected chi connectivity index (χ0v) is 11.5. The first-order chi connectivity index (χ1) is 9.19. The standard InChI is InChI=1S/C13H16FN3OS/c1-2-3-11(15)13-16-12(17-18-13)8-19-10-6-4-9(14)5-7-10/h4-7,11H,2-3,8,15H2,1H3. The Morgan fingerprint density at radius 1 is 1.37 bits per heavy atom. The summed E-state index contributed by atoms with van der Waals surface area (Å²) in [6.07, 6.45) is 1.80. The van der Waals surface area contributed by atoms with E-state index in [0.29, 0.717) is 17.5 Å². The third-order valence-corrected chi connectivity index (χ3v) is 3.59. The van der Waals surface area contributed by atoms with E-state index in [-0.39, 0.29) is 11.9 Å². The highest BCUT2D eigenvalue weighted by molar-refractivity contribution is 7.98. The van der Waals surface area contributed by atoms with Crippen LogP contribution in [0.2, 0.25) is 0 Å². The van der Waals surface area contributed by atoms with Gasteiger partial charge >= 0.3 is 0 Å². The Morgan fingerprint density at radius 2 is 2.11 bits per heavy atom. The second-order valence-corrected chi connectivity index (χ2v) is 5.24. The molecule has 102 valence electrons. The molecule has 0 saturated carbocycles. The Hall–Kier alpha value is -1.40. The molecule has 0 bridgehead atoms. The van der Waals surface area contributed by atoms with Crippen molar-refractivity contribution in [2.45, 2.75) is 36.5 Å². The molecule has 1 unspecified atom stereocenters. The minimum absolute atomic E-state index is 0.193. The van der Waals surface area contributed by atoms with Crippen LogP contribution in [-0.4, -0.2) is 10.1 Å². The van der Waals surface area contributed by atoms with Crippen LogP contribution in [0.4, 0.5) is 4.39 Å². The third kappa shape index (κ3) is 4.04. The fraction of sp³-hybridized carbons (Fsp3) is 0.385. The molecular formula is C13H16FN3OS. The number of aromatic nitrogens is 2. The first-order valence-electron chi connectivity index (χ1n) is 6.15. The topological polar surface area (TPSA) is 64.9 Å². The normalized spacial score (nSPS) is 12.6. The van der Waals surface area contributed by atoms with Crippen LogP contribution in [0, 0.1) is 5.82 Å². The van der Waals surface area contributed by atoms with Gasteiger partial charge in [0.1, 0.15) is 5.82 Å². The summed E-state index contributed by atoms with van der Waals surface area (Å²) in [4.78, 5) is 5.23. The van der Waals surface area contributed by atoms with Crippen LogP contribution >= 0.6 is 11.8 Å². The van der Waals surface area contributed by atoms with E-state index < -0.39 is 0 Å². The largest absolute Gasteiger partial charge is 0.338 e. The van der Waals surface area contributed by atoms with E-state index in [1.54, 1.807) is 12.1 Å². The molecule has 2 aromatic rings. The highest BCUT2D eigenvalue weighted by atomic mass is 32.2. The predicted octanol–water partition coefficient (Wildman–Crippen LogP) is 3.30. The van der Waals surface area contributed by atoms with E-state index in [1.807, 2.05) is 0 Å². The van der Waals surface area contributed by atoms with Gasteiger partial charge in [-0.1, -0.05) is 18.5 Å². The lowest BCUT2D eigenvalue weighted by molar-refractivity contribution is 0.345. The van der Waals surface area contributed by atoms with Gasteiger partial charge in [0.25, 0.3) is 0 Å². The summed E-state index contributed by atoms with van der Waals surface area (Å²) in [5.41, 5.74) is 5.90. The van der Waals surface area contributed by atoms with Gasteiger partial charge in [-0.05, 0) is 30.7 Å². The number of hydrogen-bond acceptors (Lipinski definition) is 5. The van der Waals surface area contributed by atoms with Crippen LogP contribution in [-0.2, 0) is 5.75 Å². The molecule has 0 aliphatic heterocycles.